The third-order valence-electron chi connectivity index (χ3n) is 4.24. The van der Waals surface area contributed by atoms with E-state index in [0.29, 0.717) is 38.1 Å². The number of carbonyl (C=O) groups excluding carboxylic acids is 2. The predicted molar refractivity (Wildman–Crippen MR) is 62.3 cm³/mol. The van der Waals surface area contributed by atoms with Gasteiger partial charge in [0.2, 0.25) is 11.8 Å². The van der Waals surface area contributed by atoms with E-state index >= 15 is 0 Å². The van der Waals surface area contributed by atoms with Gasteiger partial charge in [0.05, 0.1) is 5.92 Å². The fourth-order valence-electron chi connectivity index (χ4n) is 3.32. The Morgan fingerprint density at radius 1 is 1.29 bits per heavy atom. The first-order valence-electron chi connectivity index (χ1n) is 6.55. The summed E-state index contributed by atoms with van der Waals surface area (Å²) >= 11 is 0. The maximum atomic E-state index is 12.4. The molecule has 17 heavy (non-hydrogen) atoms. The van der Waals surface area contributed by atoms with Crippen LogP contribution in [0.5, 0.6) is 0 Å². The first kappa shape index (κ1) is 11.0. The van der Waals surface area contributed by atoms with Gasteiger partial charge in [-0.3, -0.25) is 9.59 Å². The number of nitrogens with zero attached hydrogens (tertiary/aromatic N) is 1. The molecule has 3 aliphatic rings. The Labute approximate surface area is 101 Å². The van der Waals surface area contributed by atoms with E-state index in [4.69, 9.17) is 0 Å². The van der Waals surface area contributed by atoms with Crippen LogP contribution in [0, 0.1) is 5.92 Å². The van der Waals surface area contributed by atoms with E-state index < -0.39 is 0 Å². The zero-order valence-corrected chi connectivity index (χ0v) is 9.95. The van der Waals surface area contributed by atoms with E-state index in [1.807, 2.05) is 4.90 Å². The van der Waals surface area contributed by atoms with Gasteiger partial charge in [-0.05, 0) is 19.3 Å². The quantitative estimate of drug-likeness (QED) is 0.645. The van der Waals surface area contributed by atoms with E-state index in [-0.39, 0.29) is 17.7 Å². The molecule has 0 aromatic heterocycles. The highest BCUT2D eigenvalue weighted by atomic mass is 16.2. The average Bonchev–Trinajstić information content (AvgIpc) is 2.88. The molecule has 2 N–H and O–H groups in total. The van der Waals surface area contributed by atoms with Crippen LogP contribution in [0.15, 0.2) is 0 Å². The van der Waals surface area contributed by atoms with Gasteiger partial charge in [-0.2, -0.15) is 0 Å². The van der Waals surface area contributed by atoms with Crippen LogP contribution < -0.4 is 10.6 Å². The summed E-state index contributed by atoms with van der Waals surface area (Å²) in [5.74, 6) is 0.467. The summed E-state index contributed by atoms with van der Waals surface area (Å²) in [4.78, 5) is 25.5. The molecule has 94 valence electrons. The Kier molecular flexibility index (Phi) is 2.78. The second kappa shape index (κ2) is 4.29. The van der Waals surface area contributed by atoms with Gasteiger partial charge in [0.25, 0.3) is 0 Å². The molecule has 3 aliphatic heterocycles. The van der Waals surface area contributed by atoms with Crippen molar-refractivity contribution in [1.29, 1.82) is 0 Å². The number of amides is 2. The van der Waals surface area contributed by atoms with Crippen molar-refractivity contribution in [2.75, 3.05) is 19.6 Å². The first-order chi connectivity index (χ1) is 8.24. The lowest BCUT2D eigenvalue weighted by Crippen LogP contribution is -2.42. The fraction of sp³-hybridized carbons (Fsp3) is 0.833. The van der Waals surface area contributed by atoms with Crippen LogP contribution in [-0.2, 0) is 9.59 Å². The smallest absolute Gasteiger partial charge is 0.227 e. The monoisotopic (exact) mass is 237 g/mol. The van der Waals surface area contributed by atoms with Crippen molar-refractivity contribution in [3.63, 3.8) is 0 Å². The zero-order valence-electron chi connectivity index (χ0n) is 9.95. The van der Waals surface area contributed by atoms with Crippen LogP contribution in [0.3, 0.4) is 0 Å². The Bertz CT molecular complexity index is 345. The molecule has 0 saturated carbocycles. The maximum absolute atomic E-state index is 12.4. The summed E-state index contributed by atoms with van der Waals surface area (Å²) in [6, 6.07) is 0.945. The molecule has 3 fully saturated rings. The van der Waals surface area contributed by atoms with Crippen molar-refractivity contribution in [1.82, 2.24) is 15.5 Å². The van der Waals surface area contributed by atoms with Crippen molar-refractivity contribution in [2.24, 2.45) is 5.92 Å². The van der Waals surface area contributed by atoms with Crippen molar-refractivity contribution < 1.29 is 9.59 Å². The van der Waals surface area contributed by atoms with Crippen LogP contribution in [-0.4, -0.2) is 48.4 Å². The molecule has 0 spiro atoms. The molecule has 0 aromatic carbocycles. The fourth-order valence-corrected chi connectivity index (χ4v) is 3.32. The molecule has 2 amide bonds. The Hall–Kier alpha value is -1.10. The molecular weight excluding hydrogens is 218 g/mol. The van der Waals surface area contributed by atoms with E-state index in [2.05, 4.69) is 10.6 Å². The normalized spacial score (nSPS) is 36.8. The Morgan fingerprint density at radius 2 is 2.18 bits per heavy atom. The van der Waals surface area contributed by atoms with E-state index in [9.17, 15) is 9.59 Å². The van der Waals surface area contributed by atoms with Gasteiger partial charge in [-0.15, -0.1) is 0 Å². The second-order valence-electron chi connectivity index (χ2n) is 5.31. The highest BCUT2D eigenvalue weighted by molar-refractivity contribution is 5.82. The molecular formula is C12H19N3O2. The summed E-state index contributed by atoms with van der Waals surface area (Å²) in [5, 5.41) is 6.30. The molecule has 5 nitrogen and oxygen atoms in total. The zero-order chi connectivity index (χ0) is 11.8. The van der Waals surface area contributed by atoms with Crippen LogP contribution in [0.4, 0.5) is 0 Å². The van der Waals surface area contributed by atoms with Crippen LogP contribution in [0.1, 0.15) is 25.7 Å². The van der Waals surface area contributed by atoms with E-state index in [1.165, 1.54) is 6.42 Å². The van der Waals surface area contributed by atoms with Gasteiger partial charge in [0.1, 0.15) is 0 Å². The van der Waals surface area contributed by atoms with Gasteiger partial charge in [0.15, 0.2) is 0 Å². The number of hydrogen-bond donors (Lipinski definition) is 2. The molecule has 2 bridgehead atoms. The molecule has 0 radical (unpaired) electrons. The Morgan fingerprint density at radius 3 is 2.88 bits per heavy atom. The van der Waals surface area contributed by atoms with Gasteiger partial charge < -0.3 is 15.5 Å². The Balaban J connectivity index is 1.63. The maximum Gasteiger partial charge on any atom is 0.227 e. The van der Waals surface area contributed by atoms with Gasteiger partial charge in [0, 0.05) is 38.1 Å². The molecule has 3 unspecified atom stereocenters. The lowest BCUT2D eigenvalue weighted by molar-refractivity contribution is -0.136. The number of nitrogens with one attached hydrogen (secondary N) is 2. The minimum atomic E-state index is 0.0615. The van der Waals surface area contributed by atoms with E-state index in [0.717, 1.165) is 12.8 Å². The topological polar surface area (TPSA) is 61.4 Å². The summed E-state index contributed by atoms with van der Waals surface area (Å²) in [5.41, 5.74) is 0. The SMILES string of the molecule is O=C1CCN(C(=O)C2CC3CCC2N3)CCN1. The lowest BCUT2D eigenvalue weighted by atomic mass is 9.88. The first-order valence-corrected chi connectivity index (χ1v) is 6.55. The third-order valence-corrected chi connectivity index (χ3v) is 4.24. The van der Waals surface area contributed by atoms with Gasteiger partial charge >= 0.3 is 0 Å². The number of rotatable bonds is 1. The average molecular weight is 237 g/mol. The predicted octanol–water partition coefficient (Wildman–Crippen LogP) is -0.525. The molecule has 0 aromatic rings. The number of fused-ring (bicyclic) bond motifs is 2. The molecule has 3 heterocycles. The van der Waals surface area contributed by atoms with Crippen LogP contribution >= 0.6 is 0 Å². The standard InChI is InChI=1S/C12H19N3O2/c16-11-3-5-15(6-4-13-11)12(17)9-7-8-1-2-10(9)14-8/h8-10,14H,1-7H2,(H,13,16). The van der Waals surface area contributed by atoms with Gasteiger partial charge in [-0.25, -0.2) is 0 Å². The summed E-state index contributed by atoms with van der Waals surface area (Å²) < 4.78 is 0. The highest BCUT2D eigenvalue weighted by Gasteiger charge is 2.44. The summed E-state index contributed by atoms with van der Waals surface area (Å²) in [7, 11) is 0. The molecule has 5 heteroatoms. The third kappa shape index (κ3) is 2.04. The van der Waals surface area contributed by atoms with Crippen molar-refractivity contribution in [3.05, 3.63) is 0 Å². The van der Waals surface area contributed by atoms with Gasteiger partial charge in [-0.1, -0.05) is 0 Å². The summed E-state index contributed by atoms with van der Waals surface area (Å²) in [6.07, 6.45) is 3.78. The lowest BCUT2D eigenvalue weighted by Gasteiger charge is -2.27. The molecule has 3 rings (SSSR count). The van der Waals surface area contributed by atoms with Crippen LogP contribution in [0.2, 0.25) is 0 Å². The largest absolute Gasteiger partial charge is 0.354 e. The van der Waals surface area contributed by atoms with Crippen molar-refractivity contribution in [3.8, 4) is 0 Å². The highest BCUT2D eigenvalue weighted by Crippen LogP contribution is 2.34. The van der Waals surface area contributed by atoms with Crippen LogP contribution in [0.25, 0.3) is 0 Å². The summed E-state index contributed by atoms with van der Waals surface area (Å²) in [6.45, 7) is 1.84. The van der Waals surface area contributed by atoms with Crippen molar-refractivity contribution in [2.45, 2.75) is 37.8 Å². The van der Waals surface area contributed by atoms with Crippen molar-refractivity contribution >= 4 is 11.8 Å². The number of hydrogen-bond acceptors (Lipinski definition) is 3. The molecule has 3 atom stereocenters. The minimum absolute atomic E-state index is 0.0615. The number of carbonyl (C=O) groups is 2. The minimum Gasteiger partial charge on any atom is -0.354 e. The molecule has 3 saturated heterocycles. The van der Waals surface area contributed by atoms with E-state index in [1.54, 1.807) is 0 Å². The molecule has 0 aliphatic carbocycles. The second-order valence-corrected chi connectivity index (χ2v) is 5.31.